The van der Waals surface area contributed by atoms with Crippen molar-refractivity contribution in [2.24, 2.45) is 5.41 Å². The zero-order valence-corrected chi connectivity index (χ0v) is 17.4. The third kappa shape index (κ3) is 4.13. The number of terminal acetylenes is 1. The maximum atomic E-state index is 11.4. The zero-order valence-electron chi connectivity index (χ0n) is 17.4. The normalized spacial score (nSPS) is 14.2. The molecule has 1 amide bonds. The first-order chi connectivity index (χ1) is 14.5. The molecule has 0 aliphatic heterocycles. The van der Waals surface area contributed by atoms with E-state index in [1.807, 2.05) is 30.3 Å². The first-order valence-corrected chi connectivity index (χ1v) is 10.3. The Morgan fingerprint density at radius 1 is 1.23 bits per heavy atom. The van der Waals surface area contributed by atoms with Crippen molar-refractivity contribution in [1.82, 2.24) is 25.1 Å². The molecule has 2 aromatic heterocycles. The van der Waals surface area contributed by atoms with E-state index in [1.54, 1.807) is 4.52 Å². The summed E-state index contributed by atoms with van der Waals surface area (Å²) in [5.74, 6) is 3.75. The number of anilines is 1. The van der Waals surface area contributed by atoms with Gasteiger partial charge in [0.1, 0.15) is 0 Å². The molecular weight excluding hydrogens is 376 g/mol. The second-order valence-electron chi connectivity index (χ2n) is 8.58. The van der Waals surface area contributed by atoms with Gasteiger partial charge < -0.3 is 10.6 Å². The molecule has 0 radical (unpaired) electrons. The Labute approximate surface area is 176 Å². The topological polar surface area (TPSA) is 84.2 Å². The van der Waals surface area contributed by atoms with Gasteiger partial charge >= 0.3 is 0 Å². The van der Waals surface area contributed by atoms with Gasteiger partial charge in [0, 0.05) is 24.2 Å². The summed E-state index contributed by atoms with van der Waals surface area (Å²) in [5, 5.41) is 19.9. The number of rotatable bonds is 7. The SMILES string of the molecule is C#CC(=O)NCC(C)(C)CNc1nn2c(-c3ccccc3)nnc2cc1C1CCC1. The minimum Gasteiger partial charge on any atom is -0.368 e. The van der Waals surface area contributed by atoms with E-state index in [0.29, 0.717) is 24.8 Å². The van der Waals surface area contributed by atoms with Gasteiger partial charge in [0.15, 0.2) is 17.3 Å². The molecule has 1 aliphatic rings. The van der Waals surface area contributed by atoms with Gasteiger partial charge in [-0.3, -0.25) is 4.79 Å². The molecule has 1 saturated carbocycles. The van der Waals surface area contributed by atoms with E-state index in [0.717, 1.165) is 29.9 Å². The lowest BCUT2D eigenvalue weighted by molar-refractivity contribution is -0.116. The number of carbonyl (C=O) groups excluding carboxylic acids is 1. The molecule has 2 heterocycles. The van der Waals surface area contributed by atoms with E-state index >= 15 is 0 Å². The van der Waals surface area contributed by atoms with E-state index in [1.165, 1.54) is 12.0 Å². The van der Waals surface area contributed by atoms with Crippen molar-refractivity contribution >= 4 is 17.4 Å². The van der Waals surface area contributed by atoms with Crippen LogP contribution in [0, 0.1) is 17.8 Å². The molecular formula is C23H26N6O. The van der Waals surface area contributed by atoms with E-state index in [9.17, 15) is 4.79 Å². The minimum absolute atomic E-state index is 0.199. The molecule has 4 rings (SSSR count). The summed E-state index contributed by atoms with van der Waals surface area (Å²) in [4.78, 5) is 11.4. The van der Waals surface area contributed by atoms with Crippen LogP contribution in [0.3, 0.4) is 0 Å². The second kappa shape index (κ2) is 8.15. The number of fused-ring (bicyclic) bond motifs is 1. The average Bonchev–Trinajstić information content (AvgIpc) is 3.12. The smallest absolute Gasteiger partial charge is 0.295 e. The van der Waals surface area contributed by atoms with E-state index < -0.39 is 5.91 Å². The number of nitrogens with zero attached hydrogens (tertiary/aromatic N) is 4. The van der Waals surface area contributed by atoms with Crippen molar-refractivity contribution in [2.75, 3.05) is 18.4 Å². The van der Waals surface area contributed by atoms with Crippen LogP contribution in [-0.2, 0) is 4.79 Å². The first kappa shape index (κ1) is 19.9. The number of hydrogen-bond acceptors (Lipinski definition) is 5. The van der Waals surface area contributed by atoms with Gasteiger partial charge in [-0.1, -0.05) is 50.6 Å². The van der Waals surface area contributed by atoms with Gasteiger partial charge in [-0.25, -0.2) is 0 Å². The van der Waals surface area contributed by atoms with Crippen molar-refractivity contribution in [1.29, 1.82) is 0 Å². The number of carbonyl (C=O) groups is 1. The van der Waals surface area contributed by atoms with Crippen molar-refractivity contribution in [3.05, 3.63) is 42.0 Å². The maximum Gasteiger partial charge on any atom is 0.295 e. The van der Waals surface area contributed by atoms with Crippen LogP contribution in [0.5, 0.6) is 0 Å². The highest BCUT2D eigenvalue weighted by atomic mass is 16.1. The summed E-state index contributed by atoms with van der Waals surface area (Å²) in [6.07, 6.45) is 8.70. The molecule has 0 spiro atoms. The van der Waals surface area contributed by atoms with Crippen LogP contribution in [0.15, 0.2) is 36.4 Å². The van der Waals surface area contributed by atoms with E-state index in [4.69, 9.17) is 11.5 Å². The highest BCUT2D eigenvalue weighted by Crippen LogP contribution is 2.40. The van der Waals surface area contributed by atoms with Gasteiger partial charge in [-0.05, 0) is 36.2 Å². The van der Waals surface area contributed by atoms with Gasteiger partial charge in [-0.15, -0.1) is 21.7 Å². The molecule has 7 nitrogen and oxygen atoms in total. The molecule has 0 saturated heterocycles. The lowest BCUT2D eigenvalue weighted by Gasteiger charge is -2.29. The largest absolute Gasteiger partial charge is 0.368 e. The highest BCUT2D eigenvalue weighted by Gasteiger charge is 2.26. The van der Waals surface area contributed by atoms with Crippen LogP contribution >= 0.6 is 0 Å². The minimum atomic E-state index is -0.394. The summed E-state index contributed by atoms with van der Waals surface area (Å²) in [5.41, 5.74) is 2.71. The molecule has 0 atom stereocenters. The van der Waals surface area contributed by atoms with Crippen LogP contribution < -0.4 is 10.6 Å². The summed E-state index contributed by atoms with van der Waals surface area (Å²) in [6, 6.07) is 12.0. The summed E-state index contributed by atoms with van der Waals surface area (Å²) < 4.78 is 1.80. The third-order valence-corrected chi connectivity index (χ3v) is 5.59. The quantitative estimate of drug-likeness (QED) is 0.593. The number of amides is 1. The Hall–Kier alpha value is -3.40. The van der Waals surface area contributed by atoms with Gasteiger partial charge in [0.25, 0.3) is 5.91 Å². The summed E-state index contributed by atoms with van der Waals surface area (Å²) >= 11 is 0. The predicted molar refractivity (Wildman–Crippen MR) is 117 cm³/mol. The van der Waals surface area contributed by atoms with Crippen LogP contribution in [0.2, 0.25) is 0 Å². The molecule has 3 aromatic rings. The summed E-state index contributed by atoms with van der Waals surface area (Å²) in [7, 11) is 0. The third-order valence-electron chi connectivity index (χ3n) is 5.59. The lowest BCUT2D eigenvalue weighted by Crippen LogP contribution is -2.37. The highest BCUT2D eigenvalue weighted by molar-refractivity contribution is 5.92. The Bertz CT molecular complexity index is 1090. The van der Waals surface area contributed by atoms with Crippen molar-refractivity contribution < 1.29 is 4.79 Å². The second-order valence-corrected chi connectivity index (χ2v) is 8.58. The first-order valence-electron chi connectivity index (χ1n) is 10.3. The van der Waals surface area contributed by atoms with Crippen molar-refractivity contribution in [3.63, 3.8) is 0 Å². The molecule has 1 fully saturated rings. The zero-order chi connectivity index (χ0) is 21.1. The van der Waals surface area contributed by atoms with Crippen molar-refractivity contribution in [3.8, 4) is 23.7 Å². The Morgan fingerprint density at radius 3 is 2.67 bits per heavy atom. The monoisotopic (exact) mass is 402 g/mol. The molecule has 2 N–H and O–H groups in total. The molecule has 154 valence electrons. The standard InChI is InChI=1S/C23H26N6O/c1-4-20(30)24-14-23(2,3)15-25-21-18(16-11-8-12-16)13-19-26-27-22(29(19)28-21)17-9-6-5-7-10-17/h1,5-7,9-10,13,16H,8,11-12,14-15H2,2-3H3,(H,24,30)(H,25,28). The fourth-order valence-electron chi connectivity index (χ4n) is 3.54. The van der Waals surface area contributed by atoms with Gasteiger partial charge in [0.05, 0.1) is 0 Å². The number of benzene rings is 1. The number of aromatic nitrogens is 4. The predicted octanol–water partition coefficient (Wildman–Crippen LogP) is 3.25. The number of nitrogens with one attached hydrogen (secondary N) is 2. The Balaban J connectivity index is 1.63. The molecule has 0 unspecified atom stereocenters. The fraction of sp³-hybridized carbons (Fsp3) is 0.391. The van der Waals surface area contributed by atoms with E-state index in [-0.39, 0.29) is 5.41 Å². The molecule has 1 aromatic carbocycles. The molecule has 1 aliphatic carbocycles. The Kier molecular flexibility index (Phi) is 5.40. The molecule has 30 heavy (non-hydrogen) atoms. The van der Waals surface area contributed by atoms with E-state index in [2.05, 4.69) is 46.7 Å². The van der Waals surface area contributed by atoms with Crippen LogP contribution in [0.25, 0.3) is 17.0 Å². The molecule has 0 bridgehead atoms. The van der Waals surface area contributed by atoms with Crippen molar-refractivity contribution in [2.45, 2.75) is 39.0 Å². The lowest BCUT2D eigenvalue weighted by atomic mass is 9.80. The van der Waals surface area contributed by atoms with Gasteiger partial charge in [-0.2, -0.15) is 4.52 Å². The van der Waals surface area contributed by atoms with Crippen LogP contribution in [0.1, 0.15) is 44.6 Å². The molecule has 7 heteroatoms. The Morgan fingerprint density at radius 2 is 2.00 bits per heavy atom. The average molecular weight is 403 g/mol. The fourth-order valence-corrected chi connectivity index (χ4v) is 3.54. The number of hydrogen-bond donors (Lipinski definition) is 2. The van der Waals surface area contributed by atoms with Gasteiger partial charge in [0.2, 0.25) is 0 Å². The van der Waals surface area contributed by atoms with Crippen LogP contribution in [-0.4, -0.2) is 38.8 Å². The maximum absolute atomic E-state index is 11.4. The van der Waals surface area contributed by atoms with Crippen LogP contribution in [0.4, 0.5) is 5.82 Å². The summed E-state index contributed by atoms with van der Waals surface area (Å²) in [6.45, 7) is 5.27.